The Kier molecular flexibility index (Phi) is 4.52. The molecule has 2 rings (SSSR count). The first-order valence-corrected chi connectivity index (χ1v) is 7.24. The summed E-state index contributed by atoms with van der Waals surface area (Å²) in [5, 5.41) is 0.777. The van der Waals surface area contributed by atoms with Crippen LogP contribution >= 0.6 is 11.6 Å². The van der Waals surface area contributed by atoms with Gasteiger partial charge in [-0.15, -0.1) is 0 Å². The van der Waals surface area contributed by atoms with Crippen molar-refractivity contribution in [2.24, 2.45) is 11.7 Å². The Hall–Kier alpha value is -0.730. The van der Waals surface area contributed by atoms with Gasteiger partial charge in [-0.25, -0.2) is 0 Å². The number of anilines is 1. The summed E-state index contributed by atoms with van der Waals surface area (Å²) < 4.78 is 0. The van der Waals surface area contributed by atoms with E-state index in [-0.39, 0.29) is 0 Å². The lowest BCUT2D eigenvalue weighted by Crippen LogP contribution is -2.29. The van der Waals surface area contributed by atoms with Crippen LogP contribution in [0.4, 0.5) is 5.69 Å². The molecule has 1 aromatic rings. The first-order valence-electron chi connectivity index (χ1n) is 6.87. The van der Waals surface area contributed by atoms with E-state index in [1.54, 1.807) is 0 Å². The van der Waals surface area contributed by atoms with Crippen molar-refractivity contribution in [3.8, 4) is 0 Å². The molecule has 3 heteroatoms. The molecule has 0 unspecified atom stereocenters. The lowest BCUT2D eigenvalue weighted by atomic mass is 10.1. The molecule has 0 heterocycles. The van der Waals surface area contributed by atoms with Crippen molar-refractivity contribution in [2.45, 2.75) is 45.7 Å². The largest absolute Gasteiger partial charge is 0.368 e. The van der Waals surface area contributed by atoms with Crippen molar-refractivity contribution >= 4 is 17.3 Å². The van der Waals surface area contributed by atoms with Gasteiger partial charge < -0.3 is 10.6 Å². The summed E-state index contributed by atoms with van der Waals surface area (Å²) in [7, 11) is 0. The predicted molar refractivity (Wildman–Crippen MR) is 79.2 cm³/mol. The van der Waals surface area contributed by atoms with Crippen molar-refractivity contribution in [3.05, 3.63) is 28.8 Å². The SMILES string of the molecule is CC(C)CCN(c1ccc(Cl)cc1CN)C1CC1. The van der Waals surface area contributed by atoms with Crippen LogP contribution in [-0.2, 0) is 6.54 Å². The molecule has 2 nitrogen and oxygen atoms in total. The van der Waals surface area contributed by atoms with Gasteiger partial charge in [-0.1, -0.05) is 25.4 Å². The molecular weight excluding hydrogens is 244 g/mol. The number of hydrogen-bond acceptors (Lipinski definition) is 2. The summed E-state index contributed by atoms with van der Waals surface area (Å²) in [6.07, 6.45) is 3.85. The summed E-state index contributed by atoms with van der Waals surface area (Å²) in [4.78, 5) is 2.53. The lowest BCUT2D eigenvalue weighted by Gasteiger charge is -2.28. The summed E-state index contributed by atoms with van der Waals surface area (Å²) in [6.45, 7) is 6.23. The monoisotopic (exact) mass is 266 g/mol. The van der Waals surface area contributed by atoms with Gasteiger partial charge >= 0.3 is 0 Å². The molecule has 18 heavy (non-hydrogen) atoms. The molecule has 1 fully saturated rings. The highest BCUT2D eigenvalue weighted by Gasteiger charge is 2.30. The predicted octanol–water partition coefficient (Wildman–Crippen LogP) is 3.81. The average molecular weight is 267 g/mol. The van der Waals surface area contributed by atoms with Gasteiger partial charge in [-0.2, -0.15) is 0 Å². The molecule has 1 aromatic carbocycles. The molecule has 0 saturated heterocycles. The van der Waals surface area contributed by atoms with Crippen molar-refractivity contribution in [2.75, 3.05) is 11.4 Å². The zero-order valence-corrected chi connectivity index (χ0v) is 12.1. The molecule has 0 spiro atoms. The van der Waals surface area contributed by atoms with Crippen LogP contribution in [0.1, 0.15) is 38.7 Å². The van der Waals surface area contributed by atoms with E-state index in [0.717, 1.165) is 29.1 Å². The number of benzene rings is 1. The second-order valence-corrected chi connectivity index (χ2v) is 6.02. The Morgan fingerprint density at radius 3 is 2.67 bits per heavy atom. The number of hydrogen-bond donors (Lipinski definition) is 1. The Morgan fingerprint density at radius 1 is 1.39 bits per heavy atom. The van der Waals surface area contributed by atoms with Gasteiger partial charge in [0.2, 0.25) is 0 Å². The Morgan fingerprint density at radius 2 is 2.11 bits per heavy atom. The summed E-state index contributed by atoms with van der Waals surface area (Å²) in [6, 6.07) is 6.82. The van der Waals surface area contributed by atoms with Crippen LogP contribution in [-0.4, -0.2) is 12.6 Å². The molecule has 0 bridgehead atoms. The molecule has 0 radical (unpaired) electrons. The van der Waals surface area contributed by atoms with Crippen LogP contribution in [0, 0.1) is 5.92 Å². The van der Waals surface area contributed by atoms with Crippen molar-refractivity contribution in [1.82, 2.24) is 0 Å². The van der Waals surface area contributed by atoms with Crippen molar-refractivity contribution in [3.63, 3.8) is 0 Å². The van der Waals surface area contributed by atoms with Gasteiger partial charge in [0.05, 0.1) is 0 Å². The van der Waals surface area contributed by atoms with E-state index in [0.29, 0.717) is 6.54 Å². The topological polar surface area (TPSA) is 29.3 Å². The molecule has 1 saturated carbocycles. The number of nitrogens with two attached hydrogens (primary N) is 1. The second-order valence-electron chi connectivity index (χ2n) is 5.58. The summed E-state index contributed by atoms with van der Waals surface area (Å²) in [5.74, 6) is 0.736. The Bertz CT molecular complexity index is 399. The van der Waals surface area contributed by atoms with E-state index < -0.39 is 0 Å². The molecule has 0 aromatic heterocycles. The van der Waals surface area contributed by atoms with E-state index >= 15 is 0 Å². The average Bonchev–Trinajstić information content (AvgIpc) is 3.15. The molecule has 0 aliphatic heterocycles. The third-order valence-corrected chi connectivity index (χ3v) is 3.74. The highest BCUT2D eigenvalue weighted by molar-refractivity contribution is 6.30. The minimum absolute atomic E-state index is 0.556. The zero-order valence-electron chi connectivity index (χ0n) is 11.3. The van der Waals surface area contributed by atoms with Crippen molar-refractivity contribution < 1.29 is 0 Å². The molecule has 1 aliphatic rings. The standard InChI is InChI=1S/C15H23ClN2/c1-11(2)7-8-18(14-4-5-14)15-6-3-13(16)9-12(15)10-17/h3,6,9,11,14H,4-5,7-8,10,17H2,1-2H3. The number of halogens is 1. The lowest BCUT2D eigenvalue weighted by molar-refractivity contribution is 0.570. The number of rotatable bonds is 6. The molecule has 0 atom stereocenters. The van der Waals surface area contributed by atoms with Crippen LogP contribution < -0.4 is 10.6 Å². The van der Waals surface area contributed by atoms with E-state index in [1.807, 2.05) is 12.1 Å². The maximum atomic E-state index is 6.05. The fourth-order valence-electron chi connectivity index (χ4n) is 2.28. The van der Waals surface area contributed by atoms with Crippen LogP contribution in [0.3, 0.4) is 0 Å². The van der Waals surface area contributed by atoms with Crippen LogP contribution in [0.2, 0.25) is 5.02 Å². The van der Waals surface area contributed by atoms with Gasteiger partial charge in [-0.3, -0.25) is 0 Å². The van der Waals surface area contributed by atoms with Gasteiger partial charge in [0, 0.05) is 29.8 Å². The molecule has 1 aliphatic carbocycles. The second kappa shape index (κ2) is 5.94. The third kappa shape index (κ3) is 3.39. The van der Waals surface area contributed by atoms with E-state index in [9.17, 15) is 0 Å². The van der Waals surface area contributed by atoms with Crippen LogP contribution in [0.15, 0.2) is 18.2 Å². The highest BCUT2D eigenvalue weighted by Crippen LogP contribution is 2.35. The zero-order chi connectivity index (χ0) is 13.1. The normalized spacial score (nSPS) is 15.2. The third-order valence-electron chi connectivity index (χ3n) is 3.51. The minimum atomic E-state index is 0.556. The molecular formula is C15H23ClN2. The van der Waals surface area contributed by atoms with Gasteiger partial charge in [0.1, 0.15) is 0 Å². The first-order chi connectivity index (χ1) is 8.61. The van der Waals surface area contributed by atoms with Gasteiger partial charge in [-0.05, 0) is 48.9 Å². The molecule has 2 N–H and O–H groups in total. The van der Waals surface area contributed by atoms with Gasteiger partial charge in [0.15, 0.2) is 0 Å². The Balaban J connectivity index is 2.19. The maximum absolute atomic E-state index is 6.05. The molecule has 100 valence electrons. The number of nitrogens with zero attached hydrogens (tertiary/aromatic N) is 1. The smallest absolute Gasteiger partial charge is 0.0415 e. The quantitative estimate of drug-likeness (QED) is 0.848. The van der Waals surface area contributed by atoms with Crippen LogP contribution in [0.5, 0.6) is 0 Å². The molecule has 0 amide bonds. The van der Waals surface area contributed by atoms with E-state index in [1.165, 1.54) is 24.9 Å². The van der Waals surface area contributed by atoms with Crippen molar-refractivity contribution in [1.29, 1.82) is 0 Å². The maximum Gasteiger partial charge on any atom is 0.0415 e. The van der Waals surface area contributed by atoms with E-state index in [2.05, 4.69) is 24.8 Å². The highest BCUT2D eigenvalue weighted by atomic mass is 35.5. The minimum Gasteiger partial charge on any atom is -0.368 e. The fraction of sp³-hybridized carbons (Fsp3) is 0.600. The summed E-state index contributed by atoms with van der Waals surface area (Å²) in [5.41, 5.74) is 8.30. The van der Waals surface area contributed by atoms with Gasteiger partial charge in [0.25, 0.3) is 0 Å². The summed E-state index contributed by atoms with van der Waals surface area (Å²) >= 11 is 6.05. The van der Waals surface area contributed by atoms with Crippen LogP contribution in [0.25, 0.3) is 0 Å². The first kappa shape index (κ1) is 13.7. The Labute approximate surface area is 115 Å². The fourth-order valence-corrected chi connectivity index (χ4v) is 2.48. The van der Waals surface area contributed by atoms with E-state index in [4.69, 9.17) is 17.3 Å².